The van der Waals surface area contributed by atoms with Gasteiger partial charge in [-0.25, -0.2) is 9.97 Å². The van der Waals surface area contributed by atoms with E-state index >= 15 is 0 Å². The van der Waals surface area contributed by atoms with Crippen LogP contribution in [0.3, 0.4) is 0 Å². The first-order valence-electron chi connectivity index (χ1n) is 6.09. The largest absolute Gasteiger partial charge is 0.495 e. The molecule has 0 saturated heterocycles. The van der Waals surface area contributed by atoms with E-state index in [1.165, 1.54) is 6.33 Å². The van der Waals surface area contributed by atoms with Gasteiger partial charge in [-0.2, -0.15) is 0 Å². The lowest BCUT2D eigenvalue weighted by Crippen LogP contribution is -1.95. The third-order valence-corrected chi connectivity index (χ3v) is 2.92. The van der Waals surface area contributed by atoms with Crippen molar-refractivity contribution in [1.82, 2.24) is 9.97 Å². The van der Waals surface area contributed by atoms with Crippen LogP contribution < -0.4 is 15.2 Å². The Morgan fingerprint density at radius 1 is 1.05 bits per heavy atom. The Hall–Kier alpha value is -2.82. The number of benzene rings is 2. The fourth-order valence-corrected chi connectivity index (χ4v) is 1.95. The summed E-state index contributed by atoms with van der Waals surface area (Å²) in [6, 6.07) is 12.9. The number of ether oxygens (including phenoxy) is 2. The second-order valence-corrected chi connectivity index (χ2v) is 4.20. The van der Waals surface area contributed by atoms with Crippen LogP contribution >= 0.6 is 0 Å². The van der Waals surface area contributed by atoms with Gasteiger partial charge in [-0.3, -0.25) is 0 Å². The number of hydrogen-bond donors (Lipinski definition) is 1. The van der Waals surface area contributed by atoms with Crippen molar-refractivity contribution in [2.24, 2.45) is 0 Å². The average Bonchev–Trinajstić information content (AvgIpc) is 2.48. The molecule has 0 aliphatic heterocycles. The number of nitrogens with two attached hydrogens (primary N) is 1. The van der Waals surface area contributed by atoms with Gasteiger partial charge < -0.3 is 15.2 Å². The Balaban J connectivity index is 1.99. The molecule has 100 valence electrons. The molecule has 5 nitrogen and oxygen atoms in total. The van der Waals surface area contributed by atoms with Gasteiger partial charge in [0.2, 0.25) is 5.88 Å². The van der Waals surface area contributed by atoms with Crippen LogP contribution in [-0.2, 0) is 0 Å². The fraction of sp³-hybridized carbons (Fsp3) is 0.0667. The Morgan fingerprint density at radius 3 is 2.70 bits per heavy atom. The van der Waals surface area contributed by atoms with Crippen molar-refractivity contribution in [3.8, 4) is 17.4 Å². The van der Waals surface area contributed by atoms with Gasteiger partial charge in [0.1, 0.15) is 17.8 Å². The lowest BCUT2D eigenvalue weighted by molar-refractivity contribution is 0.414. The van der Waals surface area contributed by atoms with E-state index in [2.05, 4.69) is 9.97 Å². The van der Waals surface area contributed by atoms with Gasteiger partial charge in [0.05, 0.1) is 23.7 Å². The molecular weight excluding hydrogens is 254 g/mol. The molecule has 2 aromatic carbocycles. The molecule has 3 rings (SSSR count). The maximum absolute atomic E-state index is 5.86. The number of methoxy groups -OCH3 is 1. The molecule has 1 aromatic heterocycles. The van der Waals surface area contributed by atoms with E-state index in [1.54, 1.807) is 25.3 Å². The third kappa shape index (κ3) is 2.21. The van der Waals surface area contributed by atoms with E-state index in [1.807, 2.05) is 24.3 Å². The fourth-order valence-electron chi connectivity index (χ4n) is 1.95. The predicted octanol–water partition coefficient (Wildman–Crippen LogP) is 3.01. The summed E-state index contributed by atoms with van der Waals surface area (Å²) in [6.07, 6.45) is 1.48. The van der Waals surface area contributed by atoms with E-state index in [-0.39, 0.29) is 0 Å². The number of nitrogen functional groups attached to an aromatic ring is 1. The van der Waals surface area contributed by atoms with Crippen molar-refractivity contribution in [1.29, 1.82) is 0 Å². The molecule has 0 atom stereocenters. The second-order valence-electron chi connectivity index (χ2n) is 4.20. The highest BCUT2D eigenvalue weighted by atomic mass is 16.5. The van der Waals surface area contributed by atoms with Gasteiger partial charge in [-0.05, 0) is 24.3 Å². The van der Waals surface area contributed by atoms with Gasteiger partial charge in [-0.1, -0.05) is 12.1 Å². The summed E-state index contributed by atoms with van der Waals surface area (Å²) in [7, 11) is 1.57. The summed E-state index contributed by atoms with van der Waals surface area (Å²) in [4.78, 5) is 8.36. The van der Waals surface area contributed by atoms with Gasteiger partial charge in [0.15, 0.2) is 0 Å². The first kappa shape index (κ1) is 12.2. The van der Waals surface area contributed by atoms with Crippen molar-refractivity contribution in [3.05, 3.63) is 48.8 Å². The van der Waals surface area contributed by atoms with Crippen LogP contribution in [0.1, 0.15) is 0 Å². The highest BCUT2D eigenvalue weighted by Gasteiger charge is 2.07. The quantitative estimate of drug-likeness (QED) is 0.739. The Labute approximate surface area is 116 Å². The minimum Gasteiger partial charge on any atom is -0.495 e. The van der Waals surface area contributed by atoms with Crippen molar-refractivity contribution < 1.29 is 9.47 Å². The molecule has 0 bridgehead atoms. The smallest absolute Gasteiger partial charge is 0.230 e. The molecule has 0 unspecified atom stereocenters. The van der Waals surface area contributed by atoms with E-state index in [4.69, 9.17) is 15.2 Å². The molecular formula is C15H13N3O2. The van der Waals surface area contributed by atoms with Crippen LogP contribution in [0, 0.1) is 0 Å². The van der Waals surface area contributed by atoms with Crippen LogP contribution in [0.5, 0.6) is 17.4 Å². The second kappa shape index (κ2) is 5.05. The predicted molar refractivity (Wildman–Crippen MR) is 77.0 cm³/mol. The SMILES string of the molecule is COc1ccc(Oc2ncnc3ccccc23)cc1N. The minimum absolute atomic E-state index is 0.500. The zero-order valence-electron chi connectivity index (χ0n) is 10.9. The molecule has 3 aromatic rings. The van der Waals surface area contributed by atoms with Gasteiger partial charge >= 0.3 is 0 Å². The van der Waals surface area contributed by atoms with E-state index in [0.29, 0.717) is 23.1 Å². The van der Waals surface area contributed by atoms with E-state index in [0.717, 1.165) is 10.9 Å². The van der Waals surface area contributed by atoms with Crippen molar-refractivity contribution in [2.45, 2.75) is 0 Å². The molecule has 0 amide bonds. The maximum atomic E-state index is 5.86. The number of nitrogens with zero attached hydrogens (tertiary/aromatic N) is 2. The standard InChI is InChI=1S/C15H13N3O2/c1-19-14-7-6-10(8-12(14)16)20-15-11-4-2-3-5-13(11)17-9-18-15/h2-9H,16H2,1H3. The van der Waals surface area contributed by atoms with Crippen molar-refractivity contribution in [3.63, 3.8) is 0 Å². The number of aromatic nitrogens is 2. The first-order valence-corrected chi connectivity index (χ1v) is 6.09. The molecule has 1 heterocycles. The van der Waals surface area contributed by atoms with Crippen LogP contribution in [0.15, 0.2) is 48.8 Å². The Bertz CT molecular complexity index is 754. The monoisotopic (exact) mass is 267 g/mol. The van der Waals surface area contributed by atoms with Crippen LogP contribution in [0.2, 0.25) is 0 Å². The molecule has 0 saturated carbocycles. The van der Waals surface area contributed by atoms with Gasteiger partial charge in [-0.15, -0.1) is 0 Å². The topological polar surface area (TPSA) is 70.3 Å². The average molecular weight is 267 g/mol. The molecule has 0 spiro atoms. The molecule has 0 aliphatic rings. The first-order chi connectivity index (χ1) is 9.78. The number of rotatable bonds is 3. The molecule has 5 heteroatoms. The Kier molecular flexibility index (Phi) is 3.09. The number of anilines is 1. The summed E-state index contributed by atoms with van der Waals surface area (Å²) in [6.45, 7) is 0. The van der Waals surface area contributed by atoms with Crippen LogP contribution in [0.25, 0.3) is 10.9 Å². The van der Waals surface area contributed by atoms with Crippen LogP contribution in [0.4, 0.5) is 5.69 Å². The zero-order chi connectivity index (χ0) is 13.9. The van der Waals surface area contributed by atoms with Crippen molar-refractivity contribution >= 4 is 16.6 Å². The number of hydrogen-bond acceptors (Lipinski definition) is 5. The lowest BCUT2D eigenvalue weighted by Gasteiger charge is -2.09. The van der Waals surface area contributed by atoms with Crippen molar-refractivity contribution in [2.75, 3.05) is 12.8 Å². The summed E-state index contributed by atoms with van der Waals surface area (Å²) < 4.78 is 10.9. The highest BCUT2D eigenvalue weighted by Crippen LogP contribution is 2.30. The normalized spacial score (nSPS) is 10.4. The molecule has 0 fully saturated rings. The van der Waals surface area contributed by atoms with Crippen LogP contribution in [-0.4, -0.2) is 17.1 Å². The third-order valence-electron chi connectivity index (χ3n) is 2.92. The Morgan fingerprint density at radius 2 is 1.90 bits per heavy atom. The summed E-state index contributed by atoms with van der Waals surface area (Å²) in [5.74, 6) is 1.72. The number of para-hydroxylation sites is 1. The highest BCUT2D eigenvalue weighted by molar-refractivity contribution is 5.83. The molecule has 20 heavy (non-hydrogen) atoms. The summed E-state index contributed by atoms with van der Waals surface area (Å²) in [5, 5.41) is 0.851. The zero-order valence-corrected chi connectivity index (χ0v) is 10.9. The summed E-state index contributed by atoms with van der Waals surface area (Å²) >= 11 is 0. The maximum Gasteiger partial charge on any atom is 0.230 e. The van der Waals surface area contributed by atoms with E-state index in [9.17, 15) is 0 Å². The lowest BCUT2D eigenvalue weighted by atomic mass is 10.2. The van der Waals surface area contributed by atoms with Gasteiger partial charge in [0.25, 0.3) is 0 Å². The number of fused-ring (bicyclic) bond motifs is 1. The van der Waals surface area contributed by atoms with Gasteiger partial charge in [0, 0.05) is 6.07 Å². The minimum atomic E-state index is 0.500. The van der Waals surface area contributed by atoms with E-state index < -0.39 is 0 Å². The molecule has 2 N–H and O–H groups in total. The molecule has 0 radical (unpaired) electrons. The summed E-state index contributed by atoms with van der Waals surface area (Å²) in [5.41, 5.74) is 7.21. The molecule has 0 aliphatic carbocycles.